The molecule has 0 radical (unpaired) electrons. The number of non-ortho nitro benzene ring substituents is 1. The van der Waals surface area contributed by atoms with Crippen molar-refractivity contribution in [3.63, 3.8) is 0 Å². The summed E-state index contributed by atoms with van der Waals surface area (Å²) in [7, 11) is 0. The SMILES string of the molecule is NOC1CCCN(C(=O)O)[C@@H]1Cc1ccc([N+](=O)[O-])cc1. The van der Waals surface area contributed by atoms with E-state index in [1.807, 2.05) is 0 Å². The molecular formula is C13H17N3O5. The molecule has 1 aliphatic heterocycles. The largest absolute Gasteiger partial charge is 0.465 e. The Labute approximate surface area is 121 Å². The van der Waals surface area contributed by atoms with Gasteiger partial charge in [-0.2, -0.15) is 0 Å². The van der Waals surface area contributed by atoms with Gasteiger partial charge in [0.25, 0.3) is 5.69 Å². The van der Waals surface area contributed by atoms with Gasteiger partial charge >= 0.3 is 6.09 Å². The van der Waals surface area contributed by atoms with Gasteiger partial charge in [0.05, 0.1) is 17.1 Å². The van der Waals surface area contributed by atoms with Crippen molar-refractivity contribution in [2.45, 2.75) is 31.4 Å². The summed E-state index contributed by atoms with van der Waals surface area (Å²) in [6.07, 6.45) is 0.420. The van der Waals surface area contributed by atoms with Crippen LogP contribution in [0.15, 0.2) is 24.3 Å². The lowest BCUT2D eigenvalue weighted by molar-refractivity contribution is -0.384. The van der Waals surface area contributed by atoms with Gasteiger partial charge in [0, 0.05) is 18.7 Å². The maximum absolute atomic E-state index is 11.3. The summed E-state index contributed by atoms with van der Waals surface area (Å²) >= 11 is 0. The first-order chi connectivity index (χ1) is 10.0. The molecule has 1 aliphatic rings. The van der Waals surface area contributed by atoms with Gasteiger partial charge in [0.1, 0.15) is 0 Å². The molecule has 21 heavy (non-hydrogen) atoms. The topological polar surface area (TPSA) is 119 Å². The van der Waals surface area contributed by atoms with E-state index in [4.69, 9.17) is 10.7 Å². The predicted molar refractivity (Wildman–Crippen MR) is 73.6 cm³/mol. The van der Waals surface area contributed by atoms with Gasteiger partial charge in [-0.15, -0.1) is 0 Å². The number of nitrogens with zero attached hydrogens (tertiary/aromatic N) is 2. The summed E-state index contributed by atoms with van der Waals surface area (Å²) in [5, 5.41) is 19.9. The van der Waals surface area contributed by atoms with Crippen molar-refractivity contribution in [3.8, 4) is 0 Å². The molecule has 8 nitrogen and oxygen atoms in total. The van der Waals surface area contributed by atoms with E-state index >= 15 is 0 Å². The van der Waals surface area contributed by atoms with Crippen molar-refractivity contribution in [1.29, 1.82) is 0 Å². The Morgan fingerprint density at radius 3 is 2.67 bits per heavy atom. The van der Waals surface area contributed by atoms with Crippen LogP contribution in [-0.2, 0) is 11.3 Å². The third kappa shape index (κ3) is 3.47. The molecule has 1 aromatic rings. The molecule has 1 aromatic carbocycles. The molecule has 1 amide bonds. The molecular weight excluding hydrogens is 278 g/mol. The van der Waals surface area contributed by atoms with E-state index < -0.39 is 11.0 Å². The number of hydrogen-bond acceptors (Lipinski definition) is 5. The zero-order chi connectivity index (χ0) is 15.4. The van der Waals surface area contributed by atoms with Gasteiger partial charge < -0.3 is 10.0 Å². The van der Waals surface area contributed by atoms with Crippen molar-refractivity contribution < 1.29 is 19.7 Å². The minimum atomic E-state index is -1.01. The molecule has 2 atom stereocenters. The van der Waals surface area contributed by atoms with Crippen LogP contribution in [0.5, 0.6) is 0 Å². The first kappa shape index (κ1) is 15.2. The highest BCUT2D eigenvalue weighted by Gasteiger charge is 2.35. The van der Waals surface area contributed by atoms with E-state index in [-0.39, 0.29) is 17.8 Å². The number of amides is 1. The Morgan fingerprint density at radius 1 is 1.48 bits per heavy atom. The zero-order valence-electron chi connectivity index (χ0n) is 11.3. The van der Waals surface area contributed by atoms with Crippen molar-refractivity contribution in [1.82, 2.24) is 4.90 Å². The first-order valence-corrected chi connectivity index (χ1v) is 6.61. The fourth-order valence-corrected chi connectivity index (χ4v) is 2.65. The third-order valence-electron chi connectivity index (χ3n) is 3.73. The summed E-state index contributed by atoms with van der Waals surface area (Å²) in [6.45, 7) is 0.437. The molecule has 8 heteroatoms. The lowest BCUT2D eigenvalue weighted by atomic mass is 9.93. The van der Waals surface area contributed by atoms with Crippen LogP contribution >= 0.6 is 0 Å². The van der Waals surface area contributed by atoms with Crippen molar-refractivity contribution in [2.75, 3.05) is 6.54 Å². The maximum Gasteiger partial charge on any atom is 0.407 e. The van der Waals surface area contributed by atoms with Crippen LogP contribution in [0.1, 0.15) is 18.4 Å². The van der Waals surface area contributed by atoms with E-state index in [1.54, 1.807) is 12.1 Å². The molecule has 2 rings (SSSR count). The number of nitro benzene ring substituents is 1. The minimum Gasteiger partial charge on any atom is -0.465 e. The molecule has 0 spiro atoms. The highest BCUT2D eigenvalue weighted by Crippen LogP contribution is 2.24. The average Bonchev–Trinajstić information content (AvgIpc) is 2.47. The lowest BCUT2D eigenvalue weighted by Gasteiger charge is -2.38. The van der Waals surface area contributed by atoms with Gasteiger partial charge in [0.15, 0.2) is 0 Å². The minimum absolute atomic E-state index is 0.00381. The quantitative estimate of drug-likeness (QED) is 0.642. The van der Waals surface area contributed by atoms with Crippen molar-refractivity contribution in [2.24, 2.45) is 5.90 Å². The van der Waals surface area contributed by atoms with E-state index in [1.165, 1.54) is 17.0 Å². The van der Waals surface area contributed by atoms with Gasteiger partial charge in [-0.1, -0.05) is 12.1 Å². The van der Waals surface area contributed by atoms with E-state index in [9.17, 15) is 20.0 Å². The number of carbonyl (C=O) groups is 1. The van der Waals surface area contributed by atoms with Crippen molar-refractivity contribution >= 4 is 11.8 Å². The molecule has 1 heterocycles. The number of likely N-dealkylation sites (tertiary alicyclic amines) is 1. The van der Waals surface area contributed by atoms with Gasteiger partial charge in [-0.05, 0) is 24.8 Å². The smallest absolute Gasteiger partial charge is 0.407 e. The standard InChI is InChI=1S/C13H17N3O5/c14-21-12-2-1-7-15(13(17)18)11(12)8-9-3-5-10(6-4-9)16(19)20/h3-6,11-12H,1-2,7-8,14H2,(H,17,18)/t11-,12?/m1/s1. The Morgan fingerprint density at radius 2 is 2.14 bits per heavy atom. The van der Waals surface area contributed by atoms with Crippen LogP contribution < -0.4 is 5.90 Å². The summed E-state index contributed by atoms with van der Waals surface area (Å²) < 4.78 is 0. The predicted octanol–water partition coefficient (Wildman–Crippen LogP) is 1.54. The van der Waals surface area contributed by atoms with Gasteiger partial charge in [-0.3, -0.25) is 15.0 Å². The fourth-order valence-electron chi connectivity index (χ4n) is 2.65. The fraction of sp³-hybridized carbons (Fsp3) is 0.462. The van der Waals surface area contributed by atoms with Crippen LogP contribution in [0.25, 0.3) is 0 Å². The molecule has 3 N–H and O–H groups in total. The molecule has 114 valence electrons. The molecule has 0 saturated carbocycles. The second-order valence-corrected chi connectivity index (χ2v) is 4.99. The monoisotopic (exact) mass is 295 g/mol. The highest BCUT2D eigenvalue weighted by atomic mass is 16.6. The summed E-state index contributed by atoms with van der Waals surface area (Å²) in [5.41, 5.74) is 0.810. The Hall–Kier alpha value is -2.19. The molecule has 1 unspecified atom stereocenters. The number of carboxylic acid groups (broad SMARTS) is 1. The van der Waals surface area contributed by atoms with Crippen molar-refractivity contribution in [3.05, 3.63) is 39.9 Å². The number of benzene rings is 1. The Bertz CT molecular complexity index is 519. The van der Waals surface area contributed by atoms with Crippen LogP contribution in [0, 0.1) is 10.1 Å². The van der Waals surface area contributed by atoms with E-state index in [0.29, 0.717) is 25.8 Å². The summed E-state index contributed by atoms with van der Waals surface area (Å²) in [6, 6.07) is 5.67. The summed E-state index contributed by atoms with van der Waals surface area (Å²) in [5.74, 6) is 5.26. The number of rotatable bonds is 4. The van der Waals surface area contributed by atoms with E-state index in [0.717, 1.165) is 5.56 Å². The highest BCUT2D eigenvalue weighted by molar-refractivity contribution is 5.65. The number of nitrogens with two attached hydrogens (primary N) is 1. The maximum atomic E-state index is 11.3. The van der Waals surface area contributed by atoms with Gasteiger partial charge in [0.2, 0.25) is 0 Å². The molecule has 1 fully saturated rings. The number of piperidine rings is 1. The average molecular weight is 295 g/mol. The van der Waals surface area contributed by atoms with Crippen LogP contribution in [0.3, 0.4) is 0 Å². The second-order valence-electron chi connectivity index (χ2n) is 4.99. The third-order valence-corrected chi connectivity index (χ3v) is 3.73. The number of hydrogen-bond donors (Lipinski definition) is 2. The summed E-state index contributed by atoms with van der Waals surface area (Å²) in [4.78, 5) is 27.7. The Balaban J connectivity index is 2.16. The van der Waals surface area contributed by atoms with Crippen LogP contribution in [0.2, 0.25) is 0 Å². The second kappa shape index (κ2) is 6.51. The van der Waals surface area contributed by atoms with Crippen LogP contribution in [0.4, 0.5) is 10.5 Å². The zero-order valence-corrected chi connectivity index (χ0v) is 11.3. The molecule has 0 aromatic heterocycles. The lowest BCUT2D eigenvalue weighted by Crippen LogP contribution is -2.53. The van der Waals surface area contributed by atoms with Crippen LogP contribution in [-0.4, -0.2) is 39.7 Å². The molecule has 1 saturated heterocycles. The van der Waals surface area contributed by atoms with Gasteiger partial charge in [-0.25, -0.2) is 10.7 Å². The number of nitro groups is 1. The normalized spacial score (nSPS) is 22.0. The first-order valence-electron chi connectivity index (χ1n) is 6.61. The Kier molecular flexibility index (Phi) is 4.71. The molecule has 0 aliphatic carbocycles. The molecule has 0 bridgehead atoms. The van der Waals surface area contributed by atoms with E-state index in [2.05, 4.69) is 0 Å².